The van der Waals surface area contributed by atoms with E-state index in [0.29, 0.717) is 5.56 Å². The van der Waals surface area contributed by atoms with Crippen LogP contribution in [0, 0.1) is 6.92 Å². The lowest BCUT2D eigenvalue weighted by Crippen LogP contribution is -2.14. The number of halogens is 1. The molecule has 0 atom stereocenters. The van der Waals surface area contributed by atoms with Crippen LogP contribution in [-0.4, -0.2) is 20.7 Å². The molecule has 2 heterocycles. The minimum Gasteiger partial charge on any atom is -0.321 e. The van der Waals surface area contributed by atoms with Crippen molar-refractivity contribution >= 4 is 38.6 Å². The first-order valence-electron chi connectivity index (χ1n) is 8.73. The number of aromatic nitrogens is 3. The lowest BCUT2D eigenvalue weighted by atomic mass is 10.0. The van der Waals surface area contributed by atoms with E-state index >= 15 is 0 Å². The van der Waals surface area contributed by atoms with Crippen LogP contribution in [0.5, 0.6) is 0 Å². The minimum absolute atomic E-state index is 0.160. The predicted octanol–water partition coefficient (Wildman–Crippen LogP) is 5.46. The minimum atomic E-state index is -0.160. The zero-order chi connectivity index (χ0) is 19.0. The molecule has 1 amide bonds. The van der Waals surface area contributed by atoms with E-state index in [1.807, 2.05) is 35.9 Å². The zero-order valence-electron chi connectivity index (χ0n) is 15.7. The van der Waals surface area contributed by atoms with Crippen molar-refractivity contribution < 1.29 is 4.79 Å². The average Bonchev–Trinajstić information content (AvgIpc) is 3.00. The molecule has 5 nitrogen and oxygen atoms in total. The van der Waals surface area contributed by atoms with Crippen LogP contribution in [0.2, 0.25) is 0 Å². The van der Waals surface area contributed by atoms with Gasteiger partial charge in [-0.05, 0) is 66.4 Å². The highest BCUT2D eigenvalue weighted by molar-refractivity contribution is 9.10. The number of aryl methyl sites for hydroxylation is 1. The molecule has 136 valence electrons. The fraction of sp³-hybridized carbons (Fsp3) is 0.350. The molecule has 3 rings (SSSR count). The normalized spacial score (nSPS) is 11.5. The van der Waals surface area contributed by atoms with Gasteiger partial charge in [-0.2, -0.15) is 5.10 Å². The van der Waals surface area contributed by atoms with E-state index in [9.17, 15) is 4.79 Å². The summed E-state index contributed by atoms with van der Waals surface area (Å²) in [5.74, 6) is 0.0553. The molecule has 0 saturated heterocycles. The molecule has 0 fully saturated rings. The van der Waals surface area contributed by atoms with Crippen LogP contribution in [0.3, 0.4) is 0 Å². The number of anilines is 1. The third-order valence-electron chi connectivity index (χ3n) is 4.28. The van der Waals surface area contributed by atoms with Crippen molar-refractivity contribution in [3.63, 3.8) is 0 Å². The van der Waals surface area contributed by atoms with Crippen LogP contribution in [0.25, 0.3) is 11.0 Å². The van der Waals surface area contributed by atoms with Crippen molar-refractivity contribution in [2.75, 3.05) is 5.32 Å². The molecule has 0 aliphatic rings. The van der Waals surface area contributed by atoms with Gasteiger partial charge in [0.15, 0.2) is 5.65 Å². The Morgan fingerprint density at radius 3 is 2.54 bits per heavy atom. The van der Waals surface area contributed by atoms with E-state index in [4.69, 9.17) is 4.98 Å². The summed E-state index contributed by atoms with van der Waals surface area (Å²) < 4.78 is 2.72. The van der Waals surface area contributed by atoms with Gasteiger partial charge in [-0.25, -0.2) is 9.67 Å². The zero-order valence-corrected chi connectivity index (χ0v) is 17.3. The Balaban J connectivity index is 2.09. The first-order chi connectivity index (χ1) is 12.3. The monoisotopic (exact) mass is 414 g/mol. The summed E-state index contributed by atoms with van der Waals surface area (Å²) in [4.78, 5) is 17.8. The van der Waals surface area contributed by atoms with Crippen molar-refractivity contribution in [2.24, 2.45) is 0 Å². The number of benzene rings is 1. The Morgan fingerprint density at radius 1 is 1.19 bits per heavy atom. The van der Waals surface area contributed by atoms with E-state index in [-0.39, 0.29) is 17.9 Å². The highest BCUT2D eigenvalue weighted by Gasteiger charge is 2.19. The van der Waals surface area contributed by atoms with E-state index < -0.39 is 0 Å². The highest BCUT2D eigenvalue weighted by Crippen LogP contribution is 2.27. The van der Waals surface area contributed by atoms with Crippen LogP contribution >= 0.6 is 15.9 Å². The maximum absolute atomic E-state index is 13.0. The Labute approximate surface area is 161 Å². The molecule has 0 aliphatic heterocycles. The van der Waals surface area contributed by atoms with Gasteiger partial charge in [0, 0.05) is 16.2 Å². The molecular weight excluding hydrogens is 392 g/mol. The number of rotatable bonds is 4. The third kappa shape index (κ3) is 3.51. The molecule has 1 N–H and O–H groups in total. The number of nitrogens with zero attached hydrogens (tertiary/aromatic N) is 3. The van der Waals surface area contributed by atoms with Crippen molar-refractivity contribution in [2.45, 2.75) is 46.6 Å². The molecule has 0 radical (unpaired) electrons. The summed E-state index contributed by atoms with van der Waals surface area (Å²) in [6.07, 6.45) is 1.73. The SMILES string of the molecule is Cc1ccc(NC(=O)c2cc(C(C)C)nc3c2cnn3C(C)C)c(Br)c1. The molecule has 1 aromatic carbocycles. The second kappa shape index (κ2) is 7.19. The molecule has 0 saturated carbocycles. The van der Waals surface area contributed by atoms with Crippen molar-refractivity contribution in [1.29, 1.82) is 0 Å². The van der Waals surface area contributed by atoms with Gasteiger partial charge < -0.3 is 5.32 Å². The molecule has 6 heteroatoms. The van der Waals surface area contributed by atoms with Gasteiger partial charge in [0.1, 0.15) is 0 Å². The number of hydrogen-bond donors (Lipinski definition) is 1. The van der Waals surface area contributed by atoms with Crippen LogP contribution < -0.4 is 5.32 Å². The summed E-state index contributed by atoms with van der Waals surface area (Å²) in [5, 5.41) is 8.21. The molecule has 26 heavy (non-hydrogen) atoms. The van der Waals surface area contributed by atoms with Crippen molar-refractivity contribution in [3.8, 4) is 0 Å². The lowest BCUT2D eigenvalue weighted by Gasteiger charge is -2.13. The topological polar surface area (TPSA) is 59.8 Å². The smallest absolute Gasteiger partial charge is 0.256 e. The Hall–Kier alpha value is -2.21. The first-order valence-corrected chi connectivity index (χ1v) is 9.53. The maximum atomic E-state index is 13.0. The van der Waals surface area contributed by atoms with Crippen LogP contribution in [0.15, 0.2) is 34.9 Å². The Morgan fingerprint density at radius 2 is 1.92 bits per heavy atom. The molecule has 0 unspecified atom stereocenters. The molecule has 0 spiro atoms. The molecule has 0 bridgehead atoms. The van der Waals surface area contributed by atoms with Gasteiger partial charge in [0.05, 0.1) is 22.8 Å². The molecule has 2 aromatic heterocycles. The fourth-order valence-corrected chi connectivity index (χ4v) is 3.40. The van der Waals surface area contributed by atoms with Gasteiger partial charge in [-0.15, -0.1) is 0 Å². The second-order valence-electron chi connectivity index (χ2n) is 7.11. The standard InChI is InChI=1S/C20H23BrN4O/c1-11(2)18-9-14(15-10-22-25(12(3)4)19(15)23-18)20(26)24-17-7-6-13(5)8-16(17)21/h6-12H,1-5H3,(H,24,26). The van der Waals surface area contributed by atoms with Crippen molar-refractivity contribution in [3.05, 3.63) is 51.8 Å². The van der Waals surface area contributed by atoms with Crippen LogP contribution in [0.4, 0.5) is 5.69 Å². The predicted molar refractivity (Wildman–Crippen MR) is 109 cm³/mol. The van der Waals surface area contributed by atoms with Crippen LogP contribution in [-0.2, 0) is 0 Å². The Kier molecular flexibility index (Phi) is 5.14. The number of amides is 1. The molecular formula is C20H23BrN4O. The van der Waals surface area contributed by atoms with E-state index in [2.05, 4.69) is 54.0 Å². The summed E-state index contributed by atoms with van der Waals surface area (Å²) in [6, 6.07) is 7.89. The number of carbonyl (C=O) groups excluding carboxylic acids is 1. The van der Waals surface area contributed by atoms with E-state index in [0.717, 1.165) is 32.5 Å². The summed E-state index contributed by atoms with van der Waals surface area (Å²) in [6.45, 7) is 10.3. The first kappa shape index (κ1) is 18.6. The number of pyridine rings is 1. The lowest BCUT2D eigenvalue weighted by molar-refractivity contribution is 0.102. The average molecular weight is 415 g/mol. The fourth-order valence-electron chi connectivity index (χ4n) is 2.81. The quantitative estimate of drug-likeness (QED) is 0.616. The number of carbonyl (C=O) groups is 1. The molecule has 3 aromatic rings. The number of nitrogens with one attached hydrogen (secondary N) is 1. The van der Waals surface area contributed by atoms with Gasteiger partial charge >= 0.3 is 0 Å². The van der Waals surface area contributed by atoms with Gasteiger partial charge in [-0.3, -0.25) is 4.79 Å². The second-order valence-corrected chi connectivity index (χ2v) is 7.96. The molecule has 0 aliphatic carbocycles. The number of fused-ring (bicyclic) bond motifs is 1. The summed E-state index contributed by atoms with van der Waals surface area (Å²) >= 11 is 3.52. The van der Waals surface area contributed by atoms with Gasteiger partial charge in [0.25, 0.3) is 5.91 Å². The largest absolute Gasteiger partial charge is 0.321 e. The Bertz CT molecular complexity index is 975. The van der Waals surface area contributed by atoms with Crippen molar-refractivity contribution in [1.82, 2.24) is 14.8 Å². The summed E-state index contributed by atoms with van der Waals surface area (Å²) in [5.41, 5.74) is 4.10. The maximum Gasteiger partial charge on any atom is 0.256 e. The van der Waals surface area contributed by atoms with E-state index in [1.165, 1.54) is 0 Å². The van der Waals surface area contributed by atoms with Gasteiger partial charge in [-0.1, -0.05) is 19.9 Å². The van der Waals surface area contributed by atoms with E-state index in [1.54, 1.807) is 6.20 Å². The van der Waals surface area contributed by atoms with Gasteiger partial charge in [0.2, 0.25) is 0 Å². The third-order valence-corrected chi connectivity index (χ3v) is 4.94. The highest BCUT2D eigenvalue weighted by atomic mass is 79.9. The summed E-state index contributed by atoms with van der Waals surface area (Å²) in [7, 11) is 0. The van der Waals surface area contributed by atoms with Crippen LogP contribution in [0.1, 0.15) is 61.3 Å². The number of hydrogen-bond acceptors (Lipinski definition) is 3.